The highest BCUT2D eigenvalue weighted by Gasteiger charge is 2.30. The van der Waals surface area contributed by atoms with Crippen molar-refractivity contribution in [3.05, 3.63) is 23.9 Å². The summed E-state index contributed by atoms with van der Waals surface area (Å²) in [6.45, 7) is 2.32. The van der Waals surface area contributed by atoms with Crippen LogP contribution in [0.15, 0.2) is 27.5 Å². The van der Waals surface area contributed by atoms with Crippen molar-refractivity contribution in [1.29, 1.82) is 5.26 Å². The Hall–Kier alpha value is -2.61. The van der Waals surface area contributed by atoms with Crippen LogP contribution in [0.3, 0.4) is 0 Å². The standard InChI is InChI=1S/C19H25N5O4S/c1-23(2)11-8-21-19-15(13-20)22-18(28-19)14-6-7-16(27-3)17(12-14)29(25,26)24-9-4-5-10-24/h6-7,12,21H,4-5,8-11H2,1-3H3. The molecule has 1 aliphatic rings. The van der Waals surface area contributed by atoms with Crippen molar-refractivity contribution in [2.75, 3.05) is 52.7 Å². The van der Waals surface area contributed by atoms with Gasteiger partial charge in [0.25, 0.3) is 0 Å². The Kier molecular flexibility index (Phi) is 6.42. The minimum absolute atomic E-state index is 0.0678. The molecule has 2 aromatic rings. The van der Waals surface area contributed by atoms with Crippen LogP contribution in [-0.2, 0) is 10.0 Å². The van der Waals surface area contributed by atoms with Crippen LogP contribution in [0.4, 0.5) is 5.88 Å². The van der Waals surface area contributed by atoms with Gasteiger partial charge in [0.15, 0.2) is 0 Å². The molecular weight excluding hydrogens is 394 g/mol. The molecule has 0 saturated carbocycles. The normalized spacial score (nSPS) is 14.9. The lowest BCUT2D eigenvalue weighted by Crippen LogP contribution is -2.28. The molecule has 1 N–H and O–H groups in total. The Morgan fingerprint density at radius 2 is 2.07 bits per heavy atom. The van der Waals surface area contributed by atoms with E-state index < -0.39 is 10.0 Å². The third kappa shape index (κ3) is 4.53. The van der Waals surface area contributed by atoms with Crippen LogP contribution < -0.4 is 10.1 Å². The summed E-state index contributed by atoms with van der Waals surface area (Å²) in [4.78, 5) is 6.28. The molecule has 1 aromatic heterocycles. The fraction of sp³-hybridized carbons (Fsp3) is 0.474. The highest BCUT2D eigenvalue weighted by molar-refractivity contribution is 7.89. The second kappa shape index (κ2) is 8.82. The van der Waals surface area contributed by atoms with E-state index >= 15 is 0 Å². The predicted octanol–water partition coefficient (Wildman–Crippen LogP) is 1.98. The first kappa shape index (κ1) is 21.1. The number of oxazole rings is 1. The Morgan fingerprint density at radius 3 is 2.69 bits per heavy atom. The Bertz CT molecular complexity index is 1000. The van der Waals surface area contributed by atoms with E-state index in [4.69, 9.17) is 9.15 Å². The van der Waals surface area contributed by atoms with Crippen molar-refractivity contribution in [2.24, 2.45) is 0 Å². The number of likely N-dealkylation sites (N-methyl/N-ethyl adjacent to an activating group) is 1. The summed E-state index contributed by atoms with van der Waals surface area (Å²) < 4.78 is 38.6. The quantitative estimate of drug-likeness (QED) is 0.691. The average Bonchev–Trinajstić information content (AvgIpc) is 3.37. The van der Waals surface area contributed by atoms with Gasteiger partial charge in [0, 0.05) is 31.7 Å². The third-order valence-electron chi connectivity index (χ3n) is 4.67. The molecule has 0 spiro atoms. The number of rotatable bonds is 8. The summed E-state index contributed by atoms with van der Waals surface area (Å²) in [6, 6.07) is 6.74. The average molecular weight is 420 g/mol. The van der Waals surface area contributed by atoms with Gasteiger partial charge in [0.2, 0.25) is 27.5 Å². The number of nitriles is 1. The fourth-order valence-electron chi connectivity index (χ4n) is 3.11. The number of nitrogens with zero attached hydrogens (tertiary/aromatic N) is 4. The smallest absolute Gasteiger partial charge is 0.246 e. The number of anilines is 1. The number of hydrogen-bond acceptors (Lipinski definition) is 8. The second-order valence-electron chi connectivity index (χ2n) is 7.02. The molecule has 0 atom stereocenters. The van der Waals surface area contributed by atoms with Crippen molar-refractivity contribution < 1.29 is 17.6 Å². The molecule has 10 heteroatoms. The minimum atomic E-state index is -3.69. The van der Waals surface area contributed by atoms with E-state index in [2.05, 4.69) is 10.3 Å². The molecular formula is C19H25N5O4S. The first-order valence-corrected chi connectivity index (χ1v) is 10.8. The van der Waals surface area contributed by atoms with E-state index in [9.17, 15) is 13.7 Å². The number of nitrogens with one attached hydrogen (secondary N) is 1. The van der Waals surface area contributed by atoms with Gasteiger partial charge in [-0.1, -0.05) is 0 Å². The van der Waals surface area contributed by atoms with E-state index in [0.29, 0.717) is 25.2 Å². The highest BCUT2D eigenvalue weighted by atomic mass is 32.2. The van der Waals surface area contributed by atoms with Crippen LogP contribution in [0, 0.1) is 11.3 Å². The van der Waals surface area contributed by atoms with Crippen LogP contribution >= 0.6 is 0 Å². The number of methoxy groups -OCH3 is 1. The first-order valence-electron chi connectivity index (χ1n) is 9.35. The van der Waals surface area contributed by atoms with Crippen molar-refractivity contribution in [3.63, 3.8) is 0 Å². The third-order valence-corrected chi connectivity index (χ3v) is 6.59. The van der Waals surface area contributed by atoms with Crippen molar-refractivity contribution >= 4 is 15.9 Å². The number of sulfonamides is 1. The zero-order chi connectivity index (χ0) is 21.0. The van der Waals surface area contributed by atoms with E-state index in [1.54, 1.807) is 12.1 Å². The van der Waals surface area contributed by atoms with E-state index in [1.165, 1.54) is 17.5 Å². The lowest BCUT2D eigenvalue weighted by Gasteiger charge is -2.18. The van der Waals surface area contributed by atoms with Gasteiger partial charge in [-0.25, -0.2) is 8.42 Å². The largest absolute Gasteiger partial charge is 0.495 e. The first-order chi connectivity index (χ1) is 13.9. The monoisotopic (exact) mass is 419 g/mol. The summed E-state index contributed by atoms with van der Waals surface area (Å²) in [7, 11) is 1.63. The van der Waals surface area contributed by atoms with Gasteiger partial charge in [-0.3, -0.25) is 0 Å². The fourth-order valence-corrected chi connectivity index (χ4v) is 4.81. The SMILES string of the molecule is COc1ccc(-c2nc(C#N)c(NCCN(C)C)o2)cc1S(=O)(=O)N1CCCC1. The minimum Gasteiger partial charge on any atom is -0.495 e. The Morgan fingerprint density at radius 1 is 1.34 bits per heavy atom. The topological polar surface area (TPSA) is 112 Å². The maximum absolute atomic E-state index is 13.1. The van der Waals surface area contributed by atoms with Crippen LogP contribution in [-0.4, -0.2) is 70.0 Å². The molecule has 29 heavy (non-hydrogen) atoms. The van der Waals surface area contributed by atoms with Crippen LogP contribution in [0.25, 0.3) is 11.5 Å². The molecule has 1 aromatic carbocycles. The van der Waals surface area contributed by atoms with E-state index in [-0.39, 0.29) is 28.1 Å². The molecule has 9 nitrogen and oxygen atoms in total. The summed E-state index contributed by atoms with van der Waals surface area (Å²) >= 11 is 0. The molecule has 1 aliphatic heterocycles. The molecule has 1 saturated heterocycles. The predicted molar refractivity (Wildman–Crippen MR) is 108 cm³/mol. The molecule has 0 unspecified atom stereocenters. The summed E-state index contributed by atoms with van der Waals surface area (Å²) in [5.41, 5.74) is 0.583. The van der Waals surface area contributed by atoms with Gasteiger partial charge < -0.3 is 19.4 Å². The molecule has 2 heterocycles. The number of benzene rings is 1. The Balaban J connectivity index is 1.95. The zero-order valence-electron chi connectivity index (χ0n) is 16.8. The zero-order valence-corrected chi connectivity index (χ0v) is 17.6. The molecule has 0 aliphatic carbocycles. The van der Waals surface area contributed by atoms with Crippen LogP contribution in [0.2, 0.25) is 0 Å². The lowest BCUT2D eigenvalue weighted by molar-refractivity contribution is 0.398. The van der Waals surface area contributed by atoms with Gasteiger partial charge in [0.05, 0.1) is 7.11 Å². The number of aromatic nitrogens is 1. The maximum Gasteiger partial charge on any atom is 0.246 e. The van der Waals surface area contributed by atoms with Crippen molar-refractivity contribution in [1.82, 2.24) is 14.2 Å². The lowest BCUT2D eigenvalue weighted by atomic mass is 10.2. The molecule has 0 bridgehead atoms. The number of hydrogen-bond donors (Lipinski definition) is 1. The van der Waals surface area contributed by atoms with Gasteiger partial charge in [-0.05, 0) is 45.1 Å². The second-order valence-corrected chi connectivity index (χ2v) is 8.92. The van der Waals surface area contributed by atoms with Crippen LogP contribution in [0.1, 0.15) is 18.5 Å². The van der Waals surface area contributed by atoms with E-state index in [1.807, 2.05) is 25.1 Å². The van der Waals surface area contributed by atoms with Crippen molar-refractivity contribution in [2.45, 2.75) is 17.7 Å². The summed E-state index contributed by atoms with van der Waals surface area (Å²) in [5, 5.41) is 12.4. The maximum atomic E-state index is 13.1. The molecule has 0 radical (unpaired) electrons. The highest BCUT2D eigenvalue weighted by Crippen LogP contribution is 2.34. The number of ether oxygens (including phenoxy) is 1. The molecule has 3 rings (SSSR count). The molecule has 1 fully saturated rings. The van der Waals surface area contributed by atoms with E-state index in [0.717, 1.165) is 19.4 Å². The van der Waals surface area contributed by atoms with Gasteiger partial charge in [0.1, 0.15) is 16.7 Å². The van der Waals surface area contributed by atoms with Gasteiger partial charge in [-0.2, -0.15) is 14.6 Å². The summed E-state index contributed by atoms with van der Waals surface area (Å²) in [5.74, 6) is 0.704. The van der Waals surface area contributed by atoms with Crippen LogP contribution in [0.5, 0.6) is 5.75 Å². The van der Waals surface area contributed by atoms with Gasteiger partial charge in [-0.15, -0.1) is 0 Å². The van der Waals surface area contributed by atoms with Crippen molar-refractivity contribution in [3.8, 4) is 23.3 Å². The summed E-state index contributed by atoms with van der Waals surface area (Å²) in [6.07, 6.45) is 1.68. The Labute approximate surface area is 170 Å². The van der Waals surface area contributed by atoms with Gasteiger partial charge >= 0.3 is 0 Å². The molecule has 0 amide bonds. The molecule has 156 valence electrons.